The van der Waals surface area contributed by atoms with E-state index < -0.39 is 0 Å². The van der Waals surface area contributed by atoms with E-state index in [-0.39, 0.29) is 18.4 Å². The van der Waals surface area contributed by atoms with Gasteiger partial charge in [-0.1, -0.05) is 0 Å². The fourth-order valence-corrected chi connectivity index (χ4v) is 3.69. The summed E-state index contributed by atoms with van der Waals surface area (Å²) in [5.41, 5.74) is 1.33. The standard InChI is InChI=1S/C14H18N2O2S/c17-13(16-6-3-7-16)9-15-14(18)12-8-10-4-1-2-5-11(10)19-12/h8H,1-7,9H2,(H,15,18). The summed E-state index contributed by atoms with van der Waals surface area (Å²) >= 11 is 1.59. The Bertz CT molecular complexity index is 482. The molecule has 4 nitrogen and oxygen atoms in total. The molecule has 1 fully saturated rings. The van der Waals surface area contributed by atoms with E-state index in [9.17, 15) is 9.59 Å². The van der Waals surface area contributed by atoms with Crippen molar-refractivity contribution in [3.05, 3.63) is 21.4 Å². The molecule has 1 N–H and O–H groups in total. The maximum atomic E-state index is 12.0. The van der Waals surface area contributed by atoms with E-state index in [2.05, 4.69) is 5.32 Å². The average Bonchev–Trinajstić information content (AvgIpc) is 2.77. The third kappa shape index (κ3) is 2.66. The fraction of sp³-hybridized carbons (Fsp3) is 0.571. The van der Waals surface area contributed by atoms with Gasteiger partial charge in [0.25, 0.3) is 5.91 Å². The molecule has 19 heavy (non-hydrogen) atoms. The van der Waals surface area contributed by atoms with Gasteiger partial charge in [0.1, 0.15) is 0 Å². The van der Waals surface area contributed by atoms with Crippen molar-refractivity contribution in [1.29, 1.82) is 0 Å². The van der Waals surface area contributed by atoms with E-state index in [4.69, 9.17) is 0 Å². The summed E-state index contributed by atoms with van der Waals surface area (Å²) in [6.07, 6.45) is 5.71. The number of rotatable bonds is 3. The van der Waals surface area contributed by atoms with Crippen LogP contribution in [-0.2, 0) is 17.6 Å². The minimum absolute atomic E-state index is 0.0286. The third-order valence-electron chi connectivity index (χ3n) is 3.83. The van der Waals surface area contributed by atoms with E-state index >= 15 is 0 Å². The molecule has 0 bridgehead atoms. The van der Waals surface area contributed by atoms with Crippen molar-refractivity contribution in [1.82, 2.24) is 10.2 Å². The van der Waals surface area contributed by atoms with Crippen LogP contribution in [0.3, 0.4) is 0 Å². The molecule has 1 aromatic rings. The minimum atomic E-state index is -0.103. The Kier molecular flexibility index (Phi) is 3.55. The van der Waals surface area contributed by atoms with Crippen LogP contribution in [0.15, 0.2) is 6.07 Å². The van der Waals surface area contributed by atoms with Gasteiger partial charge in [-0.05, 0) is 43.7 Å². The first-order valence-electron chi connectivity index (χ1n) is 6.91. The number of aryl methyl sites for hydroxylation is 2. The molecule has 3 rings (SSSR count). The molecule has 0 saturated carbocycles. The van der Waals surface area contributed by atoms with Crippen LogP contribution in [-0.4, -0.2) is 36.3 Å². The van der Waals surface area contributed by atoms with Gasteiger partial charge in [0, 0.05) is 18.0 Å². The smallest absolute Gasteiger partial charge is 0.261 e. The van der Waals surface area contributed by atoms with Crippen molar-refractivity contribution in [2.24, 2.45) is 0 Å². The first kappa shape index (κ1) is 12.7. The van der Waals surface area contributed by atoms with Crippen LogP contribution in [0, 0.1) is 0 Å². The zero-order valence-electron chi connectivity index (χ0n) is 10.9. The van der Waals surface area contributed by atoms with Crippen molar-refractivity contribution in [2.75, 3.05) is 19.6 Å². The predicted octanol–water partition coefficient (Wildman–Crippen LogP) is 1.59. The second-order valence-electron chi connectivity index (χ2n) is 5.18. The number of nitrogens with one attached hydrogen (secondary N) is 1. The van der Waals surface area contributed by atoms with Crippen molar-refractivity contribution in [3.8, 4) is 0 Å². The summed E-state index contributed by atoms with van der Waals surface area (Å²) in [5, 5.41) is 2.74. The van der Waals surface area contributed by atoms with E-state index in [0.717, 1.165) is 37.2 Å². The Morgan fingerprint density at radius 2 is 2.00 bits per heavy atom. The summed E-state index contributed by atoms with van der Waals surface area (Å²) in [4.78, 5) is 27.6. The molecule has 0 spiro atoms. The van der Waals surface area contributed by atoms with Crippen LogP contribution in [0.5, 0.6) is 0 Å². The van der Waals surface area contributed by atoms with Gasteiger partial charge in [-0.2, -0.15) is 0 Å². The highest BCUT2D eigenvalue weighted by atomic mass is 32.1. The third-order valence-corrected chi connectivity index (χ3v) is 5.07. The van der Waals surface area contributed by atoms with Gasteiger partial charge in [-0.3, -0.25) is 9.59 Å². The Morgan fingerprint density at radius 1 is 1.21 bits per heavy atom. The van der Waals surface area contributed by atoms with Crippen molar-refractivity contribution in [2.45, 2.75) is 32.1 Å². The maximum absolute atomic E-state index is 12.0. The average molecular weight is 278 g/mol. The van der Waals surface area contributed by atoms with Crippen LogP contribution >= 0.6 is 11.3 Å². The van der Waals surface area contributed by atoms with Crippen LogP contribution < -0.4 is 5.32 Å². The predicted molar refractivity (Wildman–Crippen MR) is 74.5 cm³/mol. The molecule has 0 radical (unpaired) electrons. The number of fused-ring (bicyclic) bond motifs is 1. The maximum Gasteiger partial charge on any atom is 0.261 e. The monoisotopic (exact) mass is 278 g/mol. The molecule has 2 aliphatic rings. The summed E-state index contributed by atoms with van der Waals surface area (Å²) in [6.45, 7) is 1.80. The highest BCUT2D eigenvalue weighted by molar-refractivity contribution is 7.14. The van der Waals surface area contributed by atoms with Gasteiger partial charge < -0.3 is 10.2 Å². The zero-order valence-corrected chi connectivity index (χ0v) is 11.7. The number of amides is 2. The van der Waals surface area contributed by atoms with Gasteiger partial charge in [0.15, 0.2) is 0 Å². The normalized spacial score (nSPS) is 17.6. The lowest BCUT2D eigenvalue weighted by Crippen LogP contribution is -2.47. The molecular weight excluding hydrogens is 260 g/mol. The molecule has 0 aromatic carbocycles. The second kappa shape index (κ2) is 5.33. The number of hydrogen-bond acceptors (Lipinski definition) is 3. The lowest BCUT2D eigenvalue weighted by molar-refractivity contribution is -0.133. The van der Waals surface area contributed by atoms with E-state index in [1.165, 1.54) is 23.3 Å². The number of thiophene rings is 1. The van der Waals surface area contributed by atoms with Gasteiger partial charge in [-0.15, -0.1) is 11.3 Å². The topological polar surface area (TPSA) is 49.4 Å². The van der Waals surface area contributed by atoms with E-state index in [1.54, 1.807) is 16.2 Å². The molecule has 102 valence electrons. The van der Waals surface area contributed by atoms with E-state index in [0.29, 0.717) is 0 Å². The number of nitrogens with zero attached hydrogens (tertiary/aromatic N) is 1. The molecular formula is C14H18N2O2S. The van der Waals surface area contributed by atoms with Gasteiger partial charge in [0.05, 0.1) is 11.4 Å². The molecule has 2 amide bonds. The molecule has 0 unspecified atom stereocenters. The van der Waals surface area contributed by atoms with Crippen molar-refractivity contribution in [3.63, 3.8) is 0 Å². The van der Waals surface area contributed by atoms with Gasteiger partial charge >= 0.3 is 0 Å². The Morgan fingerprint density at radius 3 is 2.68 bits per heavy atom. The fourth-order valence-electron chi connectivity index (χ4n) is 2.52. The Balaban J connectivity index is 1.57. The summed E-state index contributed by atoms with van der Waals surface area (Å²) in [7, 11) is 0. The molecule has 0 atom stereocenters. The minimum Gasteiger partial charge on any atom is -0.342 e. The van der Waals surface area contributed by atoms with Gasteiger partial charge in [0.2, 0.25) is 5.91 Å². The SMILES string of the molecule is O=C(NCC(=O)N1CCC1)c1cc2c(s1)CCCC2. The molecule has 1 aliphatic heterocycles. The number of carbonyl (C=O) groups excluding carboxylic acids is 2. The largest absolute Gasteiger partial charge is 0.342 e. The van der Waals surface area contributed by atoms with Crippen LogP contribution in [0.25, 0.3) is 0 Å². The molecule has 1 aliphatic carbocycles. The summed E-state index contributed by atoms with van der Waals surface area (Å²) < 4.78 is 0. The molecule has 1 saturated heterocycles. The van der Waals surface area contributed by atoms with Crippen molar-refractivity contribution < 1.29 is 9.59 Å². The Labute approximate surface area is 116 Å². The number of carbonyl (C=O) groups is 2. The molecule has 5 heteroatoms. The summed E-state index contributed by atoms with van der Waals surface area (Å²) in [5.74, 6) is -0.0748. The Hall–Kier alpha value is -1.36. The first-order valence-corrected chi connectivity index (χ1v) is 7.73. The zero-order chi connectivity index (χ0) is 13.2. The quantitative estimate of drug-likeness (QED) is 0.913. The number of hydrogen-bond donors (Lipinski definition) is 1. The molecule has 1 aromatic heterocycles. The van der Waals surface area contributed by atoms with Crippen LogP contribution in [0.2, 0.25) is 0 Å². The van der Waals surface area contributed by atoms with Crippen molar-refractivity contribution >= 4 is 23.2 Å². The lowest BCUT2D eigenvalue weighted by Gasteiger charge is -2.30. The first-order chi connectivity index (χ1) is 9.24. The van der Waals surface area contributed by atoms with Gasteiger partial charge in [-0.25, -0.2) is 0 Å². The highest BCUT2D eigenvalue weighted by Crippen LogP contribution is 2.29. The van der Waals surface area contributed by atoms with Crippen LogP contribution in [0.4, 0.5) is 0 Å². The number of likely N-dealkylation sites (tertiary alicyclic amines) is 1. The second-order valence-corrected chi connectivity index (χ2v) is 6.32. The molecule has 2 heterocycles. The van der Waals surface area contributed by atoms with Crippen LogP contribution in [0.1, 0.15) is 39.4 Å². The van der Waals surface area contributed by atoms with E-state index in [1.807, 2.05) is 6.07 Å². The lowest BCUT2D eigenvalue weighted by atomic mass is 9.99. The summed E-state index contributed by atoms with van der Waals surface area (Å²) in [6, 6.07) is 2.00. The highest BCUT2D eigenvalue weighted by Gasteiger charge is 2.21.